The van der Waals surface area contributed by atoms with E-state index in [4.69, 9.17) is 28.3 Å². The van der Waals surface area contributed by atoms with Crippen LogP contribution < -0.4 is 5.32 Å². The van der Waals surface area contributed by atoms with Crippen LogP contribution in [0.1, 0.15) is 24.4 Å². The van der Waals surface area contributed by atoms with E-state index < -0.39 is 5.97 Å². The molecule has 1 saturated heterocycles. The highest BCUT2D eigenvalue weighted by molar-refractivity contribution is 6.34. The molecule has 1 aromatic rings. The Hall–Kier alpha value is -0.770. The van der Waals surface area contributed by atoms with Crippen molar-refractivity contribution >= 4 is 29.2 Å². The smallest absolute Gasteiger partial charge is 0.306 e. The number of hydrogen-bond donors (Lipinski definition) is 2. The summed E-state index contributed by atoms with van der Waals surface area (Å²) >= 11 is 11.9. The maximum atomic E-state index is 11.0. The Morgan fingerprint density at radius 2 is 1.94 bits per heavy atom. The molecular weight excluding hydrogens is 261 g/mol. The SMILES string of the molecule is O=C(O)C1CCNC(c2cc(Cl)cc(Cl)c2)C1. The first-order chi connectivity index (χ1) is 8.06. The van der Waals surface area contributed by atoms with Crippen molar-refractivity contribution in [1.29, 1.82) is 0 Å². The molecule has 2 atom stereocenters. The van der Waals surface area contributed by atoms with Gasteiger partial charge in [-0.3, -0.25) is 4.79 Å². The molecule has 2 rings (SSSR count). The van der Waals surface area contributed by atoms with Crippen molar-refractivity contribution in [3.63, 3.8) is 0 Å². The fourth-order valence-electron chi connectivity index (χ4n) is 2.17. The number of benzene rings is 1. The minimum atomic E-state index is -0.732. The Bertz CT molecular complexity index is 416. The molecule has 2 N–H and O–H groups in total. The summed E-state index contributed by atoms with van der Waals surface area (Å²) in [6.45, 7) is 0.700. The van der Waals surface area contributed by atoms with E-state index in [2.05, 4.69) is 5.32 Å². The first kappa shape index (κ1) is 12.7. The number of rotatable bonds is 2. The molecule has 1 heterocycles. The first-order valence-electron chi connectivity index (χ1n) is 5.48. The van der Waals surface area contributed by atoms with Crippen LogP contribution in [0.25, 0.3) is 0 Å². The quantitative estimate of drug-likeness (QED) is 0.871. The zero-order valence-electron chi connectivity index (χ0n) is 9.12. The van der Waals surface area contributed by atoms with Gasteiger partial charge in [-0.2, -0.15) is 0 Å². The summed E-state index contributed by atoms with van der Waals surface area (Å²) in [6, 6.07) is 5.34. The van der Waals surface area contributed by atoms with Crippen molar-refractivity contribution in [2.45, 2.75) is 18.9 Å². The molecule has 1 aromatic carbocycles. The third-order valence-electron chi connectivity index (χ3n) is 3.04. The van der Waals surface area contributed by atoms with Gasteiger partial charge in [0, 0.05) is 16.1 Å². The van der Waals surface area contributed by atoms with Gasteiger partial charge in [0.1, 0.15) is 0 Å². The molecule has 5 heteroatoms. The summed E-state index contributed by atoms with van der Waals surface area (Å²) in [5.74, 6) is -1.02. The van der Waals surface area contributed by atoms with Crippen LogP contribution in [0.5, 0.6) is 0 Å². The second kappa shape index (κ2) is 5.25. The van der Waals surface area contributed by atoms with Gasteiger partial charge < -0.3 is 10.4 Å². The average Bonchev–Trinajstić information content (AvgIpc) is 2.28. The molecule has 0 spiro atoms. The van der Waals surface area contributed by atoms with Gasteiger partial charge in [-0.25, -0.2) is 0 Å². The van der Waals surface area contributed by atoms with Gasteiger partial charge in [-0.1, -0.05) is 23.2 Å². The molecule has 92 valence electrons. The molecular formula is C12H13Cl2NO2. The van der Waals surface area contributed by atoms with E-state index in [1.165, 1.54) is 0 Å². The Morgan fingerprint density at radius 1 is 1.29 bits per heavy atom. The summed E-state index contributed by atoms with van der Waals surface area (Å²) in [4.78, 5) is 11.0. The third kappa shape index (κ3) is 3.12. The van der Waals surface area contributed by atoms with Crippen LogP contribution in [0.3, 0.4) is 0 Å². The molecule has 1 aliphatic heterocycles. The zero-order valence-corrected chi connectivity index (χ0v) is 10.6. The number of nitrogens with one attached hydrogen (secondary N) is 1. The van der Waals surface area contributed by atoms with Crippen LogP contribution in [-0.4, -0.2) is 17.6 Å². The van der Waals surface area contributed by atoms with Gasteiger partial charge >= 0.3 is 5.97 Å². The molecule has 1 fully saturated rings. The fourth-order valence-corrected chi connectivity index (χ4v) is 2.71. The lowest BCUT2D eigenvalue weighted by Gasteiger charge is -2.28. The number of halogens is 2. The van der Waals surface area contributed by atoms with Gasteiger partial charge in [0.15, 0.2) is 0 Å². The van der Waals surface area contributed by atoms with Gasteiger partial charge in [-0.15, -0.1) is 0 Å². The lowest BCUT2D eigenvalue weighted by molar-refractivity contribution is -0.143. The van der Waals surface area contributed by atoms with Crippen LogP contribution in [0, 0.1) is 5.92 Å². The summed E-state index contributed by atoms with van der Waals surface area (Å²) in [5, 5.41) is 13.5. The Balaban J connectivity index is 2.18. The van der Waals surface area contributed by atoms with Crippen LogP contribution >= 0.6 is 23.2 Å². The van der Waals surface area contributed by atoms with Crippen LogP contribution in [0.15, 0.2) is 18.2 Å². The van der Waals surface area contributed by atoms with E-state index in [1.807, 2.05) is 12.1 Å². The average molecular weight is 274 g/mol. The molecule has 0 aromatic heterocycles. The second-order valence-corrected chi connectivity index (χ2v) is 5.14. The van der Waals surface area contributed by atoms with Crippen LogP contribution in [0.2, 0.25) is 10.0 Å². The van der Waals surface area contributed by atoms with Crippen molar-refractivity contribution in [2.24, 2.45) is 5.92 Å². The van der Waals surface area contributed by atoms with Crippen molar-refractivity contribution in [3.8, 4) is 0 Å². The molecule has 3 nitrogen and oxygen atoms in total. The van der Waals surface area contributed by atoms with Gasteiger partial charge in [0.05, 0.1) is 5.92 Å². The van der Waals surface area contributed by atoms with Crippen molar-refractivity contribution in [3.05, 3.63) is 33.8 Å². The number of piperidine rings is 1. The van der Waals surface area contributed by atoms with E-state index in [0.29, 0.717) is 29.4 Å². The highest BCUT2D eigenvalue weighted by Gasteiger charge is 2.27. The Kier molecular flexibility index (Phi) is 3.92. The molecule has 0 aliphatic carbocycles. The topological polar surface area (TPSA) is 49.3 Å². The van der Waals surface area contributed by atoms with E-state index in [-0.39, 0.29) is 12.0 Å². The molecule has 1 aliphatic rings. The monoisotopic (exact) mass is 273 g/mol. The van der Waals surface area contributed by atoms with Gasteiger partial charge in [0.25, 0.3) is 0 Å². The standard InChI is InChI=1S/C12H13Cl2NO2/c13-9-3-8(4-10(14)6-9)11-5-7(12(16)17)1-2-15-11/h3-4,6-7,11,15H,1-2,5H2,(H,16,17). The number of aliphatic carboxylic acids is 1. The molecule has 0 saturated carbocycles. The molecule has 0 bridgehead atoms. The second-order valence-electron chi connectivity index (χ2n) is 4.27. The highest BCUT2D eigenvalue weighted by Crippen LogP contribution is 2.30. The van der Waals surface area contributed by atoms with E-state index in [1.54, 1.807) is 6.07 Å². The fraction of sp³-hybridized carbons (Fsp3) is 0.417. The third-order valence-corrected chi connectivity index (χ3v) is 3.48. The first-order valence-corrected chi connectivity index (χ1v) is 6.24. The molecule has 17 heavy (non-hydrogen) atoms. The maximum Gasteiger partial charge on any atom is 0.306 e. The summed E-state index contributed by atoms with van der Waals surface area (Å²) in [6.07, 6.45) is 1.24. The molecule has 0 amide bonds. The summed E-state index contributed by atoms with van der Waals surface area (Å²) in [5.41, 5.74) is 0.952. The normalized spacial score (nSPS) is 24.6. The summed E-state index contributed by atoms with van der Waals surface area (Å²) in [7, 11) is 0. The zero-order chi connectivity index (χ0) is 12.4. The van der Waals surface area contributed by atoms with Gasteiger partial charge in [0.2, 0.25) is 0 Å². The van der Waals surface area contributed by atoms with Crippen molar-refractivity contribution in [1.82, 2.24) is 5.32 Å². The lowest BCUT2D eigenvalue weighted by atomic mass is 9.89. The predicted octanol–water partition coefficient (Wildman–Crippen LogP) is 3.12. The van der Waals surface area contributed by atoms with Crippen LogP contribution in [0.4, 0.5) is 0 Å². The van der Waals surface area contributed by atoms with E-state index in [0.717, 1.165) is 5.56 Å². The van der Waals surface area contributed by atoms with E-state index >= 15 is 0 Å². The Labute approximate surface area is 110 Å². The van der Waals surface area contributed by atoms with E-state index in [9.17, 15) is 4.79 Å². The van der Waals surface area contributed by atoms with Crippen LogP contribution in [-0.2, 0) is 4.79 Å². The van der Waals surface area contributed by atoms with Crippen molar-refractivity contribution < 1.29 is 9.90 Å². The van der Waals surface area contributed by atoms with Crippen molar-refractivity contribution in [2.75, 3.05) is 6.54 Å². The number of carboxylic acid groups (broad SMARTS) is 1. The minimum Gasteiger partial charge on any atom is -0.481 e. The maximum absolute atomic E-state index is 11.0. The highest BCUT2D eigenvalue weighted by atomic mass is 35.5. The number of carbonyl (C=O) groups is 1. The predicted molar refractivity (Wildman–Crippen MR) is 67.6 cm³/mol. The largest absolute Gasteiger partial charge is 0.481 e. The summed E-state index contributed by atoms with van der Waals surface area (Å²) < 4.78 is 0. The number of carboxylic acids is 1. The number of hydrogen-bond acceptors (Lipinski definition) is 2. The minimum absolute atomic E-state index is 0.0149. The Morgan fingerprint density at radius 3 is 2.53 bits per heavy atom. The molecule has 2 unspecified atom stereocenters. The van der Waals surface area contributed by atoms with Gasteiger partial charge in [-0.05, 0) is 43.1 Å². The molecule has 0 radical (unpaired) electrons. The lowest BCUT2D eigenvalue weighted by Crippen LogP contribution is -2.34.